The number of carbonyl (C=O) groups is 2. The van der Waals surface area contributed by atoms with E-state index < -0.39 is 75.7 Å². The van der Waals surface area contributed by atoms with Gasteiger partial charge < -0.3 is 39.9 Å². The van der Waals surface area contributed by atoms with Crippen LogP contribution in [0.15, 0.2) is 48.6 Å². The first-order valence-electron chi connectivity index (χ1n) is 25.9. The Kier molecular flexibility index (Phi) is 39.1. The molecule has 0 bridgehead atoms. The molecule has 384 valence electrons. The summed E-state index contributed by atoms with van der Waals surface area (Å²) in [5.41, 5.74) is 0. The highest BCUT2D eigenvalue weighted by Gasteiger charge is 2.51. The quantitative estimate of drug-likeness (QED) is 0.0146. The van der Waals surface area contributed by atoms with Gasteiger partial charge in [0, 0.05) is 12.8 Å². The first-order valence-corrected chi connectivity index (χ1v) is 27.4. The molecule has 0 amide bonds. The van der Waals surface area contributed by atoms with Gasteiger partial charge >= 0.3 is 19.8 Å². The first-order chi connectivity index (χ1) is 31.9. The Bertz CT molecular complexity index is 1340. The summed E-state index contributed by atoms with van der Waals surface area (Å²) in [5, 5.41) is 50.3. The van der Waals surface area contributed by atoms with E-state index in [1.165, 1.54) is 103 Å². The zero-order chi connectivity index (χ0) is 48.5. The summed E-state index contributed by atoms with van der Waals surface area (Å²) in [6, 6.07) is 0. The molecule has 1 aliphatic carbocycles. The minimum atomic E-state index is -5.13. The third-order valence-electron chi connectivity index (χ3n) is 11.9. The second-order valence-corrected chi connectivity index (χ2v) is 19.4. The van der Waals surface area contributed by atoms with Crippen LogP contribution < -0.4 is 0 Å². The van der Waals surface area contributed by atoms with Crippen LogP contribution in [0.2, 0.25) is 0 Å². The topological polar surface area (TPSA) is 210 Å². The van der Waals surface area contributed by atoms with Crippen LogP contribution in [-0.2, 0) is 32.7 Å². The van der Waals surface area contributed by atoms with E-state index in [0.717, 1.165) is 70.6 Å². The number of aliphatic hydroxyl groups excluding tert-OH is 5. The molecule has 1 fully saturated rings. The van der Waals surface area contributed by atoms with Gasteiger partial charge in [-0.3, -0.25) is 18.6 Å². The van der Waals surface area contributed by atoms with Crippen molar-refractivity contribution in [2.45, 2.75) is 256 Å². The maximum atomic E-state index is 12.8. The van der Waals surface area contributed by atoms with Crippen LogP contribution in [0, 0.1) is 0 Å². The van der Waals surface area contributed by atoms with Crippen LogP contribution in [0.4, 0.5) is 0 Å². The van der Waals surface area contributed by atoms with E-state index in [4.69, 9.17) is 18.5 Å². The number of aliphatic hydroxyl groups is 5. The number of phosphoric acid groups is 1. The van der Waals surface area contributed by atoms with Gasteiger partial charge in [0.15, 0.2) is 6.10 Å². The number of esters is 2. The summed E-state index contributed by atoms with van der Waals surface area (Å²) in [6.45, 7) is 3.20. The fourth-order valence-electron chi connectivity index (χ4n) is 7.81. The lowest BCUT2D eigenvalue weighted by Crippen LogP contribution is -2.64. The van der Waals surface area contributed by atoms with Gasteiger partial charge in [-0.05, 0) is 51.4 Å². The molecule has 0 aromatic heterocycles. The van der Waals surface area contributed by atoms with E-state index in [1.54, 1.807) is 0 Å². The van der Waals surface area contributed by atoms with Crippen molar-refractivity contribution >= 4 is 19.8 Å². The number of ether oxygens (including phenoxy) is 2. The molecule has 0 heterocycles. The predicted molar refractivity (Wildman–Crippen MR) is 263 cm³/mol. The van der Waals surface area contributed by atoms with E-state index in [0.29, 0.717) is 12.8 Å². The van der Waals surface area contributed by atoms with Crippen LogP contribution >= 0.6 is 7.82 Å². The maximum absolute atomic E-state index is 12.8. The molecule has 13 nitrogen and oxygen atoms in total. The second-order valence-electron chi connectivity index (χ2n) is 18.0. The molecule has 1 saturated carbocycles. The highest BCUT2D eigenvalue weighted by atomic mass is 31.2. The average molecular weight is 957 g/mol. The normalized spacial score (nSPS) is 21.6. The van der Waals surface area contributed by atoms with Gasteiger partial charge in [0.25, 0.3) is 0 Å². The zero-order valence-corrected chi connectivity index (χ0v) is 41.9. The van der Waals surface area contributed by atoms with Crippen molar-refractivity contribution < 1.29 is 63.1 Å². The second kappa shape index (κ2) is 41.8. The zero-order valence-electron chi connectivity index (χ0n) is 41.0. The first kappa shape index (κ1) is 61.8. The fraction of sp³-hybridized carbons (Fsp3) is 0.808. The Balaban J connectivity index is 2.40. The lowest BCUT2D eigenvalue weighted by Gasteiger charge is -2.41. The van der Waals surface area contributed by atoms with Gasteiger partial charge in [-0.1, -0.05) is 197 Å². The molecule has 0 spiro atoms. The van der Waals surface area contributed by atoms with Crippen molar-refractivity contribution in [3.8, 4) is 0 Å². The van der Waals surface area contributed by atoms with Crippen molar-refractivity contribution in [3.63, 3.8) is 0 Å². The molecule has 0 aromatic rings. The third kappa shape index (κ3) is 33.3. The molecule has 0 aromatic carbocycles. The number of phosphoric ester groups is 1. The molecule has 6 N–H and O–H groups in total. The van der Waals surface area contributed by atoms with Gasteiger partial charge in [-0.25, -0.2) is 4.57 Å². The Hall–Kier alpha value is -2.19. The summed E-state index contributed by atoms with van der Waals surface area (Å²) < 4.78 is 33.6. The van der Waals surface area contributed by atoms with Gasteiger partial charge in [0.05, 0.1) is 6.61 Å². The summed E-state index contributed by atoms with van der Waals surface area (Å²) in [4.78, 5) is 35.8. The summed E-state index contributed by atoms with van der Waals surface area (Å²) in [5.74, 6) is -1.12. The van der Waals surface area contributed by atoms with E-state index in [1.807, 2.05) is 0 Å². The van der Waals surface area contributed by atoms with E-state index >= 15 is 0 Å². The lowest BCUT2D eigenvalue weighted by atomic mass is 9.85. The average Bonchev–Trinajstić information content (AvgIpc) is 3.30. The number of allylic oxidation sites excluding steroid dienone is 8. The van der Waals surface area contributed by atoms with Crippen molar-refractivity contribution in [2.75, 3.05) is 13.2 Å². The molecule has 0 radical (unpaired) electrons. The summed E-state index contributed by atoms with van der Waals surface area (Å²) in [6.07, 6.45) is 37.3. The molecule has 0 aliphatic heterocycles. The predicted octanol–water partition coefficient (Wildman–Crippen LogP) is 11.1. The number of hydrogen-bond acceptors (Lipinski definition) is 12. The fourth-order valence-corrected chi connectivity index (χ4v) is 8.78. The molecule has 6 unspecified atom stereocenters. The smallest absolute Gasteiger partial charge is 0.462 e. The number of rotatable bonds is 43. The van der Waals surface area contributed by atoms with Gasteiger partial charge in [0.1, 0.15) is 43.2 Å². The molecule has 14 heteroatoms. The molecule has 66 heavy (non-hydrogen) atoms. The Labute approximate surface area is 399 Å². The molecule has 0 saturated heterocycles. The molecular formula is C52H93O13P. The van der Waals surface area contributed by atoms with Crippen LogP contribution in [-0.4, -0.2) is 98.3 Å². The van der Waals surface area contributed by atoms with Gasteiger partial charge in [-0.2, -0.15) is 0 Å². The van der Waals surface area contributed by atoms with E-state index in [2.05, 4.69) is 62.5 Å². The van der Waals surface area contributed by atoms with Crippen LogP contribution in [0.25, 0.3) is 0 Å². The molecule has 6 atom stereocenters. The Morgan fingerprint density at radius 3 is 1.32 bits per heavy atom. The van der Waals surface area contributed by atoms with Crippen LogP contribution in [0.3, 0.4) is 0 Å². The van der Waals surface area contributed by atoms with Crippen molar-refractivity contribution in [2.24, 2.45) is 0 Å². The monoisotopic (exact) mass is 957 g/mol. The van der Waals surface area contributed by atoms with Gasteiger partial charge in [0.2, 0.25) is 0 Å². The minimum Gasteiger partial charge on any atom is -0.462 e. The number of unbranched alkanes of at least 4 members (excludes halogenated alkanes) is 23. The van der Waals surface area contributed by atoms with E-state index in [9.17, 15) is 44.6 Å². The van der Waals surface area contributed by atoms with E-state index in [-0.39, 0.29) is 12.8 Å². The summed E-state index contributed by atoms with van der Waals surface area (Å²) in [7, 11) is -5.13. The number of hydrogen-bond donors (Lipinski definition) is 6. The maximum Gasteiger partial charge on any atom is 0.472 e. The third-order valence-corrected chi connectivity index (χ3v) is 12.9. The lowest BCUT2D eigenvalue weighted by molar-refractivity contribution is -0.220. The SMILES string of the molecule is CC/C=C\C/C=C\C/C=C\C/C=C\CCCCCCC(=O)OC(COC(=O)CCCCCCCCCCCCCCCCCCCCCC)COP(=O)(O)OC1C(O)C(O)C(O)C(O)C1O. The van der Waals surface area contributed by atoms with Crippen LogP contribution in [0.5, 0.6) is 0 Å². The largest absolute Gasteiger partial charge is 0.472 e. The highest BCUT2D eigenvalue weighted by Crippen LogP contribution is 2.47. The Morgan fingerprint density at radius 2 is 0.864 bits per heavy atom. The molecule has 1 rings (SSSR count). The summed E-state index contributed by atoms with van der Waals surface area (Å²) >= 11 is 0. The van der Waals surface area contributed by atoms with Gasteiger partial charge in [-0.15, -0.1) is 0 Å². The molecular weight excluding hydrogens is 864 g/mol. The minimum absolute atomic E-state index is 0.0691. The highest BCUT2D eigenvalue weighted by molar-refractivity contribution is 7.47. The van der Waals surface area contributed by atoms with Crippen molar-refractivity contribution in [1.82, 2.24) is 0 Å². The standard InChI is InChI=1S/C52H93O13P/c1-3-5-7-9-11-13-15-17-19-21-22-23-25-26-28-30-32-34-36-38-40-45(53)62-42-44(43-63-66(60,61)65-52-50(58)48(56)47(55)49(57)51(52)59)64-46(54)41-39-37-35-33-31-29-27-24-20-18-16-14-12-10-8-6-4-2/h6,8,12,14,18,20,27,29,44,47-52,55-59H,3-5,7,9-11,13,15-17,19,21-26,28,30-43H2,1-2H3,(H,60,61)/b8-6-,14-12-,20-18-,29-27-. The Morgan fingerprint density at radius 1 is 0.485 bits per heavy atom. The number of carbonyl (C=O) groups excluding carboxylic acids is 2. The van der Waals surface area contributed by atoms with Crippen LogP contribution in [0.1, 0.15) is 213 Å². The van der Waals surface area contributed by atoms with Crippen molar-refractivity contribution in [1.29, 1.82) is 0 Å². The van der Waals surface area contributed by atoms with Crippen molar-refractivity contribution in [3.05, 3.63) is 48.6 Å². The molecule has 1 aliphatic rings.